The molecule has 0 radical (unpaired) electrons. The van der Waals surface area contributed by atoms with E-state index in [1.807, 2.05) is 62.7 Å². The summed E-state index contributed by atoms with van der Waals surface area (Å²) in [7, 11) is -1.66. The first-order valence-electron chi connectivity index (χ1n) is 10.6. The van der Waals surface area contributed by atoms with Crippen LogP contribution in [-0.4, -0.2) is 41.3 Å². The maximum Gasteiger partial charge on any atom is 0.243 e. The number of imidazole rings is 1. The van der Waals surface area contributed by atoms with Gasteiger partial charge in [0.25, 0.3) is 0 Å². The summed E-state index contributed by atoms with van der Waals surface area (Å²) in [6.07, 6.45) is 0.773. The summed E-state index contributed by atoms with van der Waals surface area (Å²) in [4.78, 5) is 17.3. The molecule has 0 spiro atoms. The molecular weight excluding hydrogens is 412 g/mol. The number of amides is 1. The van der Waals surface area contributed by atoms with Crippen molar-refractivity contribution >= 4 is 27.0 Å². The summed E-state index contributed by atoms with van der Waals surface area (Å²) in [6.45, 7) is 6.44. The summed E-state index contributed by atoms with van der Waals surface area (Å²) in [5.74, 6) is 0.697. The molecule has 0 bridgehead atoms. The summed E-state index contributed by atoms with van der Waals surface area (Å²) < 4.78 is 28.9. The smallest absolute Gasteiger partial charge is 0.243 e. The Morgan fingerprint density at radius 1 is 1.13 bits per heavy atom. The highest BCUT2D eigenvalue weighted by Gasteiger charge is 2.23. The number of aryl methyl sites for hydroxylation is 2. The molecule has 1 atom stereocenters. The molecule has 3 aromatic rings. The van der Waals surface area contributed by atoms with E-state index in [1.54, 1.807) is 18.2 Å². The molecule has 2 aromatic carbocycles. The maximum absolute atomic E-state index is 12.8. The maximum atomic E-state index is 12.8. The summed E-state index contributed by atoms with van der Waals surface area (Å²) in [5.41, 5.74) is 2.51. The van der Waals surface area contributed by atoms with Crippen LogP contribution in [-0.2, 0) is 28.3 Å². The molecule has 0 saturated carbocycles. The second-order valence-corrected chi connectivity index (χ2v) is 9.46. The van der Waals surface area contributed by atoms with Gasteiger partial charge in [0.2, 0.25) is 15.9 Å². The zero-order chi connectivity index (χ0) is 22.6. The molecule has 31 heavy (non-hydrogen) atoms. The fourth-order valence-electron chi connectivity index (χ4n) is 3.69. The fraction of sp³-hybridized carbons (Fsp3) is 0.391. The SMILES string of the molecule is CCN(CC)S(=O)(=O)c1ccc2c(c1)nc(CCC(=O)NC(C)c1ccccc1)n2C. The van der Waals surface area contributed by atoms with E-state index in [4.69, 9.17) is 0 Å². The number of carbonyl (C=O) groups is 1. The van der Waals surface area contributed by atoms with Gasteiger partial charge in [0.15, 0.2) is 0 Å². The van der Waals surface area contributed by atoms with Crippen LogP contribution in [0.1, 0.15) is 44.6 Å². The van der Waals surface area contributed by atoms with E-state index >= 15 is 0 Å². The number of nitrogens with zero attached hydrogens (tertiary/aromatic N) is 3. The Hall–Kier alpha value is -2.71. The average Bonchev–Trinajstić information content (AvgIpc) is 3.08. The normalized spacial score (nSPS) is 12.9. The lowest BCUT2D eigenvalue weighted by Gasteiger charge is -2.18. The summed E-state index contributed by atoms with van der Waals surface area (Å²) in [5, 5.41) is 3.01. The average molecular weight is 443 g/mol. The van der Waals surface area contributed by atoms with Gasteiger partial charge >= 0.3 is 0 Å². The lowest BCUT2D eigenvalue weighted by Crippen LogP contribution is -2.30. The van der Waals surface area contributed by atoms with Gasteiger partial charge < -0.3 is 9.88 Å². The topological polar surface area (TPSA) is 84.3 Å². The van der Waals surface area contributed by atoms with Gasteiger partial charge in [-0.3, -0.25) is 4.79 Å². The minimum Gasteiger partial charge on any atom is -0.350 e. The molecule has 166 valence electrons. The van der Waals surface area contributed by atoms with Crippen LogP contribution in [0.15, 0.2) is 53.4 Å². The lowest BCUT2D eigenvalue weighted by molar-refractivity contribution is -0.121. The molecule has 1 N–H and O–H groups in total. The number of carbonyl (C=O) groups excluding carboxylic acids is 1. The summed E-state index contributed by atoms with van der Waals surface area (Å²) >= 11 is 0. The van der Waals surface area contributed by atoms with E-state index < -0.39 is 10.0 Å². The fourth-order valence-corrected chi connectivity index (χ4v) is 5.17. The molecular formula is C23H30N4O3S. The largest absolute Gasteiger partial charge is 0.350 e. The number of benzene rings is 2. The van der Waals surface area contributed by atoms with Crippen molar-refractivity contribution in [2.24, 2.45) is 7.05 Å². The number of sulfonamides is 1. The van der Waals surface area contributed by atoms with Crippen molar-refractivity contribution in [3.05, 3.63) is 59.9 Å². The molecule has 1 aromatic heterocycles. The van der Waals surface area contributed by atoms with Crippen LogP contribution in [0.3, 0.4) is 0 Å². The van der Waals surface area contributed by atoms with E-state index in [2.05, 4.69) is 10.3 Å². The van der Waals surface area contributed by atoms with Crippen LogP contribution in [0, 0.1) is 0 Å². The zero-order valence-electron chi connectivity index (χ0n) is 18.5. The number of fused-ring (bicyclic) bond motifs is 1. The van der Waals surface area contributed by atoms with E-state index in [-0.39, 0.29) is 16.8 Å². The first kappa shape index (κ1) is 23.0. The second kappa shape index (κ2) is 9.62. The third kappa shape index (κ3) is 4.97. The van der Waals surface area contributed by atoms with E-state index in [0.717, 1.165) is 16.9 Å². The Kier molecular flexibility index (Phi) is 7.12. The van der Waals surface area contributed by atoms with Gasteiger partial charge in [-0.25, -0.2) is 13.4 Å². The van der Waals surface area contributed by atoms with Crippen LogP contribution in [0.5, 0.6) is 0 Å². The highest BCUT2D eigenvalue weighted by molar-refractivity contribution is 7.89. The molecule has 1 amide bonds. The van der Waals surface area contributed by atoms with E-state index in [1.165, 1.54) is 4.31 Å². The molecule has 0 saturated heterocycles. The van der Waals surface area contributed by atoms with E-state index in [9.17, 15) is 13.2 Å². The monoisotopic (exact) mass is 442 g/mol. The molecule has 0 aliphatic carbocycles. The number of aromatic nitrogens is 2. The number of hydrogen-bond donors (Lipinski definition) is 1. The predicted octanol–water partition coefficient (Wildman–Crippen LogP) is 3.41. The first-order valence-corrected chi connectivity index (χ1v) is 12.0. The van der Waals surface area contributed by atoms with Crippen molar-refractivity contribution in [2.75, 3.05) is 13.1 Å². The van der Waals surface area contributed by atoms with Gasteiger partial charge in [0.05, 0.1) is 22.0 Å². The second-order valence-electron chi connectivity index (χ2n) is 7.53. The molecule has 3 rings (SSSR count). The molecule has 1 heterocycles. The predicted molar refractivity (Wildman–Crippen MR) is 122 cm³/mol. The zero-order valence-corrected chi connectivity index (χ0v) is 19.3. The number of nitrogens with one attached hydrogen (secondary N) is 1. The Balaban J connectivity index is 1.73. The molecule has 7 nitrogen and oxygen atoms in total. The van der Waals surface area contributed by atoms with Gasteiger partial charge in [-0.1, -0.05) is 44.2 Å². The van der Waals surface area contributed by atoms with Gasteiger partial charge in [0.1, 0.15) is 5.82 Å². The van der Waals surface area contributed by atoms with E-state index in [0.29, 0.717) is 31.4 Å². The lowest BCUT2D eigenvalue weighted by atomic mass is 10.1. The van der Waals surface area contributed by atoms with Crippen molar-refractivity contribution in [1.82, 2.24) is 19.2 Å². The third-order valence-corrected chi connectivity index (χ3v) is 7.59. The number of rotatable bonds is 9. The van der Waals surface area contributed by atoms with Crippen molar-refractivity contribution in [3.63, 3.8) is 0 Å². The highest BCUT2D eigenvalue weighted by atomic mass is 32.2. The standard InChI is InChI=1S/C23H30N4O3S/c1-5-27(6-2)31(29,30)19-12-13-21-20(16-19)25-22(26(21)4)14-15-23(28)24-17(3)18-10-8-7-9-11-18/h7-13,16-17H,5-6,14-15H2,1-4H3,(H,24,28). The van der Waals surface area contributed by atoms with Crippen molar-refractivity contribution < 1.29 is 13.2 Å². The summed E-state index contributed by atoms with van der Waals surface area (Å²) in [6, 6.07) is 14.8. The molecule has 1 unspecified atom stereocenters. The molecule has 8 heteroatoms. The molecule has 0 aliphatic rings. The Morgan fingerprint density at radius 3 is 2.45 bits per heavy atom. The first-order chi connectivity index (χ1) is 14.8. The van der Waals surface area contributed by atoms with Crippen molar-refractivity contribution in [2.45, 2.75) is 44.6 Å². The van der Waals surface area contributed by atoms with Crippen molar-refractivity contribution in [3.8, 4) is 0 Å². The van der Waals surface area contributed by atoms with Crippen LogP contribution >= 0.6 is 0 Å². The third-order valence-electron chi connectivity index (χ3n) is 5.54. The van der Waals surface area contributed by atoms with Crippen molar-refractivity contribution in [1.29, 1.82) is 0 Å². The van der Waals surface area contributed by atoms with Gasteiger partial charge in [-0.15, -0.1) is 0 Å². The Labute approximate surface area is 184 Å². The molecule has 0 aliphatic heterocycles. The van der Waals surface area contributed by atoms with Crippen LogP contribution in [0.25, 0.3) is 11.0 Å². The Bertz CT molecular complexity index is 1150. The molecule has 0 fully saturated rings. The van der Waals surface area contributed by atoms with Gasteiger partial charge in [0, 0.05) is 33.0 Å². The minimum atomic E-state index is -3.54. The highest BCUT2D eigenvalue weighted by Crippen LogP contribution is 2.23. The quantitative estimate of drug-likeness (QED) is 0.550. The van der Waals surface area contributed by atoms with Crippen LogP contribution in [0.4, 0.5) is 0 Å². The van der Waals surface area contributed by atoms with Crippen LogP contribution in [0.2, 0.25) is 0 Å². The van der Waals surface area contributed by atoms with Crippen LogP contribution < -0.4 is 5.32 Å². The van der Waals surface area contributed by atoms with Gasteiger partial charge in [-0.2, -0.15) is 4.31 Å². The number of hydrogen-bond acceptors (Lipinski definition) is 4. The minimum absolute atomic E-state index is 0.0480. The van der Waals surface area contributed by atoms with Gasteiger partial charge in [-0.05, 0) is 30.7 Å². The Morgan fingerprint density at radius 2 is 1.81 bits per heavy atom.